The van der Waals surface area contributed by atoms with Gasteiger partial charge in [0, 0.05) is 35.4 Å². The first-order valence-corrected chi connectivity index (χ1v) is 9.29. The van der Waals surface area contributed by atoms with Crippen molar-refractivity contribution in [2.75, 3.05) is 10.6 Å². The quantitative estimate of drug-likeness (QED) is 0.520. The van der Waals surface area contributed by atoms with Crippen molar-refractivity contribution in [3.8, 4) is 5.82 Å². The van der Waals surface area contributed by atoms with Crippen molar-refractivity contribution in [2.45, 2.75) is 13.3 Å². The summed E-state index contributed by atoms with van der Waals surface area (Å²) in [4.78, 5) is 24.9. The van der Waals surface area contributed by atoms with Crippen molar-refractivity contribution in [3.63, 3.8) is 0 Å². The number of amides is 1. The predicted molar refractivity (Wildman–Crippen MR) is 113 cm³/mol. The number of aryl methyl sites for hydroxylation is 1. The SMILES string of the molecule is CCc1ccc(C(=O)Nc2ccc(Nc3cc(-n4ccnc4)ncn3)cc2)cc1. The number of hydrogen-bond acceptors (Lipinski definition) is 5. The van der Waals surface area contributed by atoms with E-state index in [1.807, 2.05) is 60.8 Å². The Bertz CT molecular complexity index is 1090. The second-order valence-corrected chi connectivity index (χ2v) is 6.44. The summed E-state index contributed by atoms with van der Waals surface area (Å²) in [6.45, 7) is 2.09. The van der Waals surface area contributed by atoms with E-state index in [9.17, 15) is 4.79 Å². The second kappa shape index (κ2) is 8.35. The van der Waals surface area contributed by atoms with Gasteiger partial charge in [-0.05, 0) is 48.4 Å². The number of benzene rings is 2. The van der Waals surface area contributed by atoms with Crippen molar-refractivity contribution in [2.24, 2.45) is 0 Å². The van der Waals surface area contributed by atoms with E-state index in [-0.39, 0.29) is 5.91 Å². The molecule has 0 saturated heterocycles. The van der Waals surface area contributed by atoms with Crippen LogP contribution in [0.1, 0.15) is 22.8 Å². The largest absolute Gasteiger partial charge is 0.340 e. The van der Waals surface area contributed by atoms with Crippen molar-refractivity contribution >= 4 is 23.1 Å². The average molecular weight is 384 g/mol. The third-order valence-corrected chi connectivity index (χ3v) is 4.46. The van der Waals surface area contributed by atoms with Gasteiger partial charge < -0.3 is 10.6 Å². The number of nitrogens with one attached hydrogen (secondary N) is 2. The lowest BCUT2D eigenvalue weighted by Crippen LogP contribution is -2.11. The van der Waals surface area contributed by atoms with E-state index in [0.29, 0.717) is 11.4 Å². The molecule has 2 N–H and O–H groups in total. The van der Waals surface area contributed by atoms with Gasteiger partial charge in [0.1, 0.15) is 24.3 Å². The third-order valence-electron chi connectivity index (χ3n) is 4.46. The Balaban J connectivity index is 1.41. The first-order chi connectivity index (χ1) is 14.2. The highest BCUT2D eigenvalue weighted by Gasteiger charge is 2.06. The Labute approximate surface area is 168 Å². The van der Waals surface area contributed by atoms with Crippen molar-refractivity contribution in [3.05, 3.63) is 90.8 Å². The number of nitrogens with zero attached hydrogens (tertiary/aromatic N) is 4. The summed E-state index contributed by atoms with van der Waals surface area (Å²) in [5, 5.41) is 6.15. The highest BCUT2D eigenvalue weighted by molar-refractivity contribution is 6.04. The highest BCUT2D eigenvalue weighted by atomic mass is 16.1. The molecule has 1 amide bonds. The number of anilines is 3. The summed E-state index contributed by atoms with van der Waals surface area (Å²) in [5.41, 5.74) is 3.42. The molecular weight excluding hydrogens is 364 g/mol. The highest BCUT2D eigenvalue weighted by Crippen LogP contribution is 2.19. The minimum absolute atomic E-state index is 0.130. The van der Waals surface area contributed by atoms with E-state index in [1.54, 1.807) is 17.1 Å². The van der Waals surface area contributed by atoms with Gasteiger partial charge in [0.2, 0.25) is 0 Å². The smallest absolute Gasteiger partial charge is 0.255 e. The topological polar surface area (TPSA) is 84.7 Å². The number of rotatable bonds is 6. The maximum Gasteiger partial charge on any atom is 0.255 e. The molecule has 0 saturated carbocycles. The molecule has 0 atom stereocenters. The fourth-order valence-electron chi connectivity index (χ4n) is 2.83. The van der Waals surface area contributed by atoms with Gasteiger partial charge in [-0.15, -0.1) is 0 Å². The van der Waals surface area contributed by atoms with Crippen LogP contribution >= 0.6 is 0 Å². The normalized spacial score (nSPS) is 10.5. The van der Waals surface area contributed by atoms with Crippen LogP contribution in [0.15, 0.2) is 79.6 Å². The van der Waals surface area contributed by atoms with E-state index >= 15 is 0 Å². The number of aromatic nitrogens is 4. The van der Waals surface area contributed by atoms with E-state index in [1.165, 1.54) is 11.9 Å². The first-order valence-electron chi connectivity index (χ1n) is 9.29. The molecule has 0 aliphatic heterocycles. The molecule has 0 bridgehead atoms. The van der Waals surface area contributed by atoms with Crippen LogP contribution in [0.4, 0.5) is 17.2 Å². The van der Waals surface area contributed by atoms with E-state index in [2.05, 4.69) is 32.5 Å². The molecule has 0 radical (unpaired) electrons. The van der Waals surface area contributed by atoms with Crippen LogP contribution in [0.5, 0.6) is 0 Å². The Morgan fingerprint density at radius 1 is 1.00 bits per heavy atom. The maximum atomic E-state index is 12.4. The van der Waals surface area contributed by atoms with Crippen LogP contribution in [0.3, 0.4) is 0 Å². The minimum atomic E-state index is -0.130. The van der Waals surface area contributed by atoms with E-state index in [0.717, 1.165) is 23.6 Å². The summed E-state index contributed by atoms with van der Waals surface area (Å²) in [6.07, 6.45) is 7.64. The molecule has 0 aliphatic carbocycles. The molecule has 2 aromatic heterocycles. The minimum Gasteiger partial charge on any atom is -0.340 e. The average Bonchev–Trinajstić information content (AvgIpc) is 3.30. The van der Waals surface area contributed by atoms with Crippen molar-refractivity contribution in [1.82, 2.24) is 19.5 Å². The zero-order chi connectivity index (χ0) is 20.1. The number of imidazole rings is 1. The molecule has 0 fully saturated rings. The summed E-state index contributed by atoms with van der Waals surface area (Å²) >= 11 is 0. The molecule has 2 aromatic carbocycles. The number of hydrogen-bond donors (Lipinski definition) is 2. The van der Waals surface area contributed by atoms with Crippen molar-refractivity contribution in [1.29, 1.82) is 0 Å². The third kappa shape index (κ3) is 4.47. The summed E-state index contributed by atoms with van der Waals surface area (Å²) in [5.74, 6) is 1.25. The standard InChI is InChI=1S/C22H20N6O/c1-2-16-3-5-17(6-4-16)22(29)27-19-9-7-18(8-10-19)26-20-13-21(25-14-24-20)28-12-11-23-15-28/h3-15H,2H2,1H3,(H,27,29)(H,24,25,26). The molecule has 4 aromatic rings. The van der Waals surface area contributed by atoms with Gasteiger partial charge >= 0.3 is 0 Å². The van der Waals surface area contributed by atoms with E-state index in [4.69, 9.17) is 0 Å². The van der Waals surface area contributed by atoms with Gasteiger partial charge in [-0.25, -0.2) is 15.0 Å². The number of carbonyl (C=O) groups is 1. The molecule has 0 spiro atoms. The monoisotopic (exact) mass is 384 g/mol. The van der Waals surface area contributed by atoms with Gasteiger partial charge in [-0.2, -0.15) is 0 Å². The van der Waals surface area contributed by atoms with Crippen LogP contribution in [0, 0.1) is 0 Å². The van der Waals surface area contributed by atoms with Crippen LogP contribution < -0.4 is 10.6 Å². The fourth-order valence-corrected chi connectivity index (χ4v) is 2.83. The lowest BCUT2D eigenvalue weighted by atomic mass is 10.1. The van der Waals surface area contributed by atoms with Gasteiger partial charge in [-0.3, -0.25) is 9.36 Å². The molecule has 144 valence electrons. The zero-order valence-corrected chi connectivity index (χ0v) is 15.9. The van der Waals surface area contributed by atoms with E-state index < -0.39 is 0 Å². The second-order valence-electron chi connectivity index (χ2n) is 6.44. The van der Waals surface area contributed by atoms with Gasteiger partial charge in [0.15, 0.2) is 0 Å². The molecule has 2 heterocycles. The molecule has 29 heavy (non-hydrogen) atoms. The molecule has 4 rings (SSSR count). The van der Waals surface area contributed by atoms with Crippen molar-refractivity contribution < 1.29 is 4.79 Å². The Morgan fingerprint density at radius 3 is 2.45 bits per heavy atom. The molecule has 7 heteroatoms. The number of carbonyl (C=O) groups excluding carboxylic acids is 1. The zero-order valence-electron chi connectivity index (χ0n) is 15.9. The molecule has 7 nitrogen and oxygen atoms in total. The molecular formula is C22H20N6O. The van der Waals surface area contributed by atoms with Gasteiger partial charge in [0.05, 0.1) is 0 Å². The Morgan fingerprint density at radius 2 is 1.76 bits per heavy atom. The lowest BCUT2D eigenvalue weighted by molar-refractivity contribution is 0.102. The summed E-state index contributed by atoms with van der Waals surface area (Å²) in [6, 6.07) is 16.9. The van der Waals surface area contributed by atoms with Crippen LogP contribution in [-0.4, -0.2) is 25.4 Å². The molecule has 0 aliphatic rings. The van der Waals surface area contributed by atoms with Crippen LogP contribution in [-0.2, 0) is 6.42 Å². The van der Waals surface area contributed by atoms with Gasteiger partial charge in [0.25, 0.3) is 5.91 Å². The maximum absolute atomic E-state index is 12.4. The fraction of sp³-hybridized carbons (Fsp3) is 0.0909. The van der Waals surface area contributed by atoms with Crippen LogP contribution in [0.2, 0.25) is 0 Å². The van der Waals surface area contributed by atoms with Gasteiger partial charge in [-0.1, -0.05) is 19.1 Å². The predicted octanol–water partition coefficient (Wildman–Crippen LogP) is 4.22. The van der Waals surface area contributed by atoms with Crippen LogP contribution in [0.25, 0.3) is 5.82 Å². The summed E-state index contributed by atoms with van der Waals surface area (Å²) < 4.78 is 1.80. The summed E-state index contributed by atoms with van der Waals surface area (Å²) in [7, 11) is 0. The Kier molecular flexibility index (Phi) is 5.29. The lowest BCUT2D eigenvalue weighted by Gasteiger charge is -2.09. The Hall–Kier alpha value is -4.00. The molecule has 0 unspecified atom stereocenters. The first kappa shape index (κ1) is 18.4.